The molecule has 0 bridgehead atoms. The van der Waals surface area contributed by atoms with Crippen molar-refractivity contribution in [2.75, 3.05) is 10.6 Å². The van der Waals surface area contributed by atoms with Gasteiger partial charge in [0.2, 0.25) is 0 Å². The predicted octanol–water partition coefficient (Wildman–Crippen LogP) is 4.00. The van der Waals surface area contributed by atoms with Gasteiger partial charge >= 0.3 is 0 Å². The first-order valence-corrected chi connectivity index (χ1v) is 7.88. The highest BCUT2D eigenvalue weighted by Crippen LogP contribution is 2.28. The Labute approximate surface area is 140 Å². The molecular weight excluding hydrogens is 300 g/mol. The van der Waals surface area contributed by atoms with Crippen LogP contribution >= 0.6 is 0 Å². The van der Waals surface area contributed by atoms with Crippen molar-refractivity contribution in [1.82, 2.24) is 0 Å². The van der Waals surface area contributed by atoms with Crippen LogP contribution in [-0.2, 0) is 0 Å². The average molecular weight is 320 g/mol. The third-order valence-electron chi connectivity index (χ3n) is 4.22. The van der Waals surface area contributed by atoms with E-state index in [2.05, 4.69) is 10.6 Å². The van der Waals surface area contributed by atoms with E-state index in [1.807, 2.05) is 64.1 Å². The molecule has 0 radical (unpaired) electrons. The standard InChI is InChI=1S/C20H20N2O2/c1-11-5-7-13(3)15(9-11)21-17-18(20(24)19(17)23)22-16-10-12(2)6-8-14(16)4/h5-10,21-22H,1-4H3. The van der Waals surface area contributed by atoms with E-state index in [1.54, 1.807) is 0 Å². The maximum absolute atomic E-state index is 12.0. The molecule has 0 amide bonds. The van der Waals surface area contributed by atoms with Crippen molar-refractivity contribution in [3.8, 4) is 0 Å². The van der Waals surface area contributed by atoms with Gasteiger partial charge in [-0.05, 0) is 62.1 Å². The molecule has 4 heteroatoms. The second kappa shape index (κ2) is 5.96. The third kappa shape index (κ3) is 2.83. The van der Waals surface area contributed by atoms with Gasteiger partial charge in [0.15, 0.2) is 0 Å². The molecule has 0 aliphatic carbocycles. The molecule has 24 heavy (non-hydrogen) atoms. The summed E-state index contributed by atoms with van der Waals surface area (Å²) in [5.41, 5.74) is 5.59. The van der Waals surface area contributed by atoms with E-state index in [0.717, 1.165) is 33.6 Å². The maximum atomic E-state index is 12.0. The van der Waals surface area contributed by atoms with Crippen LogP contribution in [-0.4, -0.2) is 0 Å². The molecule has 0 atom stereocenters. The monoisotopic (exact) mass is 320 g/mol. The quantitative estimate of drug-likeness (QED) is 0.713. The maximum Gasteiger partial charge on any atom is 0.253 e. The van der Waals surface area contributed by atoms with Gasteiger partial charge in [0.05, 0.1) is 0 Å². The molecule has 0 fully saturated rings. The molecule has 2 N–H and O–H groups in total. The lowest BCUT2D eigenvalue weighted by Crippen LogP contribution is -2.36. The summed E-state index contributed by atoms with van der Waals surface area (Å²) in [5, 5.41) is 6.24. The number of nitrogens with one attached hydrogen (secondary N) is 2. The third-order valence-corrected chi connectivity index (χ3v) is 4.22. The van der Waals surface area contributed by atoms with Gasteiger partial charge in [0.25, 0.3) is 10.9 Å². The van der Waals surface area contributed by atoms with Crippen LogP contribution < -0.4 is 21.5 Å². The topological polar surface area (TPSA) is 58.2 Å². The smallest absolute Gasteiger partial charge is 0.253 e. The molecule has 0 aliphatic rings. The van der Waals surface area contributed by atoms with Crippen LogP contribution in [0.4, 0.5) is 22.7 Å². The van der Waals surface area contributed by atoms with Gasteiger partial charge in [-0.2, -0.15) is 0 Å². The molecule has 3 aromatic carbocycles. The first-order valence-electron chi connectivity index (χ1n) is 7.88. The second-order valence-electron chi connectivity index (χ2n) is 6.29. The SMILES string of the molecule is Cc1ccc(C)c(Nc2c(Nc3cc(C)ccc3C)c(=O)c2=O)c1. The van der Waals surface area contributed by atoms with Crippen molar-refractivity contribution in [2.24, 2.45) is 0 Å². The fourth-order valence-corrected chi connectivity index (χ4v) is 2.64. The zero-order chi connectivity index (χ0) is 17.4. The first-order chi connectivity index (χ1) is 11.4. The van der Waals surface area contributed by atoms with Crippen molar-refractivity contribution < 1.29 is 0 Å². The van der Waals surface area contributed by atoms with Crippen LogP contribution in [0.25, 0.3) is 0 Å². The molecular formula is C20H20N2O2. The number of hydrogen-bond donors (Lipinski definition) is 2. The summed E-state index contributed by atoms with van der Waals surface area (Å²) in [6.45, 7) is 7.90. The van der Waals surface area contributed by atoms with Crippen molar-refractivity contribution in [2.45, 2.75) is 27.7 Å². The normalized spacial score (nSPS) is 10.8. The Hall–Kier alpha value is -2.88. The lowest BCUT2D eigenvalue weighted by atomic mass is 10.1. The number of rotatable bonds is 4. The number of benzene rings is 2. The van der Waals surface area contributed by atoms with Gasteiger partial charge in [-0.15, -0.1) is 0 Å². The zero-order valence-electron chi connectivity index (χ0n) is 14.3. The molecule has 0 saturated heterocycles. The van der Waals surface area contributed by atoms with E-state index in [0.29, 0.717) is 11.4 Å². The average Bonchev–Trinajstić information content (AvgIpc) is 2.56. The molecule has 3 aromatic rings. The van der Waals surface area contributed by atoms with Gasteiger partial charge in [0.1, 0.15) is 11.4 Å². The van der Waals surface area contributed by atoms with Gasteiger partial charge in [0, 0.05) is 11.4 Å². The van der Waals surface area contributed by atoms with Gasteiger partial charge in [-0.3, -0.25) is 9.59 Å². The number of anilines is 4. The Kier molecular flexibility index (Phi) is 3.97. The van der Waals surface area contributed by atoms with Gasteiger partial charge in [-0.1, -0.05) is 24.3 Å². The van der Waals surface area contributed by atoms with Crippen LogP contribution in [0, 0.1) is 27.7 Å². The summed E-state index contributed by atoms with van der Waals surface area (Å²) in [5.74, 6) is 0. The highest BCUT2D eigenvalue weighted by Gasteiger charge is 2.22. The number of hydrogen-bond acceptors (Lipinski definition) is 4. The highest BCUT2D eigenvalue weighted by atomic mass is 16.2. The van der Waals surface area contributed by atoms with Crippen molar-refractivity contribution in [1.29, 1.82) is 0 Å². The molecule has 0 saturated carbocycles. The Bertz CT molecular complexity index is 914. The van der Waals surface area contributed by atoms with E-state index < -0.39 is 10.9 Å². The van der Waals surface area contributed by atoms with E-state index in [9.17, 15) is 9.59 Å². The van der Waals surface area contributed by atoms with Crippen molar-refractivity contribution >= 4 is 22.7 Å². The summed E-state index contributed by atoms with van der Waals surface area (Å²) in [4.78, 5) is 24.0. The minimum absolute atomic E-state index is 0.328. The van der Waals surface area contributed by atoms with Crippen LogP contribution in [0.3, 0.4) is 0 Å². The van der Waals surface area contributed by atoms with Gasteiger partial charge in [-0.25, -0.2) is 0 Å². The lowest BCUT2D eigenvalue weighted by Gasteiger charge is -2.18. The Balaban J connectivity index is 1.96. The molecule has 0 spiro atoms. The molecule has 4 nitrogen and oxygen atoms in total. The van der Waals surface area contributed by atoms with Gasteiger partial charge < -0.3 is 10.6 Å². The van der Waals surface area contributed by atoms with Crippen molar-refractivity contribution in [3.05, 3.63) is 79.1 Å². The molecule has 0 aliphatic heterocycles. The molecule has 0 heterocycles. The number of aryl methyl sites for hydroxylation is 4. The van der Waals surface area contributed by atoms with E-state index in [-0.39, 0.29) is 0 Å². The fourth-order valence-electron chi connectivity index (χ4n) is 2.64. The molecule has 0 unspecified atom stereocenters. The summed E-state index contributed by atoms with van der Waals surface area (Å²) in [6, 6.07) is 11.9. The predicted molar refractivity (Wildman–Crippen MR) is 99.8 cm³/mol. The first kappa shape index (κ1) is 16.0. The zero-order valence-corrected chi connectivity index (χ0v) is 14.3. The highest BCUT2D eigenvalue weighted by molar-refractivity contribution is 5.83. The lowest BCUT2D eigenvalue weighted by molar-refractivity contribution is 1.31. The fraction of sp³-hybridized carbons (Fsp3) is 0.200. The Morgan fingerprint density at radius 3 is 1.38 bits per heavy atom. The second-order valence-corrected chi connectivity index (χ2v) is 6.29. The minimum Gasteiger partial charge on any atom is -0.350 e. The Morgan fingerprint density at radius 1 is 0.625 bits per heavy atom. The summed E-state index contributed by atoms with van der Waals surface area (Å²) < 4.78 is 0. The van der Waals surface area contributed by atoms with E-state index in [1.165, 1.54) is 0 Å². The molecule has 0 aromatic heterocycles. The van der Waals surface area contributed by atoms with Crippen LogP contribution in [0.2, 0.25) is 0 Å². The van der Waals surface area contributed by atoms with E-state index in [4.69, 9.17) is 0 Å². The summed E-state index contributed by atoms with van der Waals surface area (Å²) in [7, 11) is 0. The summed E-state index contributed by atoms with van der Waals surface area (Å²) in [6.07, 6.45) is 0. The molecule has 3 rings (SSSR count). The molecule has 122 valence electrons. The summed E-state index contributed by atoms with van der Waals surface area (Å²) >= 11 is 0. The Morgan fingerprint density at radius 2 is 1.00 bits per heavy atom. The van der Waals surface area contributed by atoms with Crippen LogP contribution in [0.15, 0.2) is 46.0 Å². The van der Waals surface area contributed by atoms with Crippen molar-refractivity contribution in [3.63, 3.8) is 0 Å². The minimum atomic E-state index is -0.483. The van der Waals surface area contributed by atoms with Crippen LogP contribution in [0.5, 0.6) is 0 Å². The largest absolute Gasteiger partial charge is 0.350 e. The van der Waals surface area contributed by atoms with Crippen LogP contribution in [0.1, 0.15) is 22.3 Å². The van der Waals surface area contributed by atoms with E-state index >= 15 is 0 Å².